The molecule has 0 atom stereocenters. The molecule has 0 aliphatic heterocycles. The second kappa shape index (κ2) is 5.50. The molecule has 0 fully saturated rings. The van der Waals surface area contributed by atoms with Gasteiger partial charge in [0.25, 0.3) is 5.56 Å². The molecule has 1 aromatic carbocycles. The first-order chi connectivity index (χ1) is 10.1. The van der Waals surface area contributed by atoms with Crippen molar-refractivity contribution >= 4 is 45.3 Å². The Kier molecular flexibility index (Phi) is 3.69. The van der Waals surface area contributed by atoms with Gasteiger partial charge in [-0.15, -0.1) is 0 Å². The van der Waals surface area contributed by atoms with Crippen molar-refractivity contribution in [2.24, 2.45) is 0 Å². The smallest absolute Gasteiger partial charge is 0.270 e. The number of thioether (sulfide) groups is 1. The fourth-order valence-electron chi connectivity index (χ4n) is 1.99. The van der Waals surface area contributed by atoms with E-state index in [0.29, 0.717) is 16.4 Å². The first-order valence-electron chi connectivity index (χ1n) is 5.86. The lowest BCUT2D eigenvalue weighted by Crippen LogP contribution is -2.14. The topological polar surface area (TPSA) is 98.2 Å². The number of benzene rings is 1. The summed E-state index contributed by atoms with van der Waals surface area (Å²) in [4.78, 5) is 18.9. The zero-order valence-corrected chi connectivity index (χ0v) is 13.7. The Balaban J connectivity index is 2.28. The van der Waals surface area contributed by atoms with Gasteiger partial charge in [0.15, 0.2) is 5.16 Å². The van der Waals surface area contributed by atoms with Crippen LogP contribution in [-0.2, 0) is 0 Å². The van der Waals surface area contributed by atoms with E-state index < -0.39 is 5.56 Å². The largest absolute Gasteiger partial charge is 0.300 e. The van der Waals surface area contributed by atoms with E-state index in [-0.39, 0.29) is 5.56 Å². The number of rotatable bonds is 2. The maximum Gasteiger partial charge on any atom is 0.270 e. The van der Waals surface area contributed by atoms with E-state index in [1.54, 1.807) is 0 Å². The third-order valence-electron chi connectivity index (χ3n) is 2.98. The highest BCUT2D eigenvalue weighted by Gasteiger charge is 2.14. The van der Waals surface area contributed by atoms with Gasteiger partial charge in [-0.3, -0.25) is 9.89 Å². The third-order valence-corrected chi connectivity index (χ3v) is 4.39. The SMILES string of the molecule is CSc1nc(-c2ccc3c(I)[nH]nc3c2)c(C#N)c(=O)[nH]1. The first kappa shape index (κ1) is 14.1. The van der Waals surface area contributed by atoms with Crippen LogP contribution >= 0.6 is 34.4 Å². The van der Waals surface area contributed by atoms with Crippen LogP contribution in [0.3, 0.4) is 0 Å². The van der Waals surface area contributed by atoms with Gasteiger partial charge in [-0.1, -0.05) is 17.8 Å². The molecule has 8 heteroatoms. The minimum atomic E-state index is -0.427. The van der Waals surface area contributed by atoms with Crippen LogP contribution in [0.4, 0.5) is 0 Å². The number of hydrogen-bond acceptors (Lipinski definition) is 5. The van der Waals surface area contributed by atoms with Gasteiger partial charge in [0.05, 0.1) is 11.2 Å². The van der Waals surface area contributed by atoms with Gasteiger partial charge in [0.2, 0.25) is 0 Å². The molecule has 2 heterocycles. The van der Waals surface area contributed by atoms with Crippen molar-refractivity contribution < 1.29 is 0 Å². The van der Waals surface area contributed by atoms with Crippen LogP contribution in [0.25, 0.3) is 22.2 Å². The van der Waals surface area contributed by atoms with Crippen molar-refractivity contribution in [1.82, 2.24) is 20.2 Å². The Bertz CT molecular complexity index is 940. The fourth-order valence-corrected chi connectivity index (χ4v) is 2.94. The number of nitrogens with zero attached hydrogens (tertiary/aromatic N) is 3. The van der Waals surface area contributed by atoms with E-state index in [2.05, 4.69) is 42.8 Å². The van der Waals surface area contributed by atoms with Crippen LogP contribution < -0.4 is 5.56 Å². The average molecular weight is 409 g/mol. The second-order valence-corrected chi connectivity index (χ2v) is 6.05. The monoisotopic (exact) mass is 409 g/mol. The molecule has 0 unspecified atom stereocenters. The summed E-state index contributed by atoms with van der Waals surface area (Å²) in [6.07, 6.45) is 1.81. The summed E-state index contributed by atoms with van der Waals surface area (Å²) in [6.45, 7) is 0. The molecule has 0 saturated carbocycles. The zero-order valence-electron chi connectivity index (χ0n) is 10.8. The van der Waals surface area contributed by atoms with Gasteiger partial charge in [0, 0.05) is 10.9 Å². The van der Waals surface area contributed by atoms with Crippen molar-refractivity contribution in [3.63, 3.8) is 0 Å². The first-order valence-corrected chi connectivity index (χ1v) is 8.17. The van der Waals surface area contributed by atoms with Crippen molar-refractivity contribution in [2.75, 3.05) is 6.26 Å². The normalized spacial score (nSPS) is 10.7. The predicted molar refractivity (Wildman–Crippen MR) is 89.2 cm³/mol. The number of aromatic amines is 2. The number of hydrogen-bond donors (Lipinski definition) is 2. The number of aromatic nitrogens is 4. The van der Waals surface area contributed by atoms with E-state index in [0.717, 1.165) is 14.6 Å². The summed E-state index contributed by atoms with van der Waals surface area (Å²) in [7, 11) is 0. The van der Waals surface area contributed by atoms with Gasteiger partial charge in [-0.2, -0.15) is 10.4 Å². The van der Waals surface area contributed by atoms with E-state index in [9.17, 15) is 10.1 Å². The molecule has 3 aromatic rings. The van der Waals surface area contributed by atoms with Crippen LogP contribution in [0.5, 0.6) is 0 Å². The minimum absolute atomic E-state index is 0.0115. The maximum atomic E-state index is 11.9. The quantitative estimate of drug-likeness (QED) is 0.385. The van der Waals surface area contributed by atoms with E-state index in [1.165, 1.54) is 11.8 Å². The Morgan fingerprint density at radius 1 is 1.43 bits per heavy atom. The maximum absolute atomic E-state index is 11.9. The van der Waals surface area contributed by atoms with Gasteiger partial charge >= 0.3 is 0 Å². The molecule has 0 amide bonds. The Hall–Kier alpha value is -1.86. The lowest BCUT2D eigenvalue weighted by atomic mass is 10.1. The molecular weight excluding hydrogens is 401 g/mol. The molecule has 0 aliphatic carbocycles. The number of halogens is 1. The standard InChI is InChI=1S/C13H8IN5OS/c1-21-13-16-10(8(5-15)12(20)17-13)6-2-3-7-9(4-6)18-19-11(7)14/h2-4H,1H3,(H,18,19)(H,16,17,20). The molecule has 0 radical (unpaired) electrons. The molecule has 6 nitrogen and oxygen atoms in total. The highest BCUT2D eigenvalue weighted by molar-refractivity contribution is 14.1. The third kappa shape index (κ3) is 2.43. The van der Waals surface area contributed by atoms with Gasteiger partial charge in [-0.05, 0) is 41.0 Å². The van der Waals surface area contributed by atoms with E-state index in [4.69, 9.17) is 0 Å². The molecule has 0 saturated heterocycles. The zero-order chi connectivity index (χ0) is 15.0. The molecule has 21 heavy (non-hydrogen) atoms. The van der Waals surface area contributed by atoms with Gasteiger partial charge in [0.1, 0.15) is 15.3 Å². The molecule has 0 bridgehead atoms. The Morgan fingerprint density at radius 3 is 2.95 bits per heavy atom. The number of nitriles is 1. The molecule has 2 aromatic heterocycles. The van der Waals surface area contributed by atoms with Crippen molar-refractivity contribution in [1.29, 1.82) is 5.26 Å². The summed E-state index contributed by atoms with van der Waals surface area (Å²) in [5.41, 5.74) is 1.43. The van der Waals surface area contributed by atoms with E-state index in [1.807, 2.05) is 30.5 Å². The lowest BCUT2D eigenvalue weighted by molar-refractivity contribution is 0.938. The molecule has 2 N–H and O–H groups in total. The predicted octanol–water partition coefficient (Wildman–Crippen LogP) is 2.51. The van der Waals surface area contributed by atoms with Crippen molar-refractivity contribution in [2.45, 2.75) is 5.16 Å². The second-order valence-electron chi connectivity index (χ2n) is 4.18. The molecule has 0 aliphatic rings. The molecular formula is C13H8IN5OS. The van der Waals surface area contributed by atoms with Crippen LogP contribution in [0.1, 0.15) is 5.56 Å². The number of fused-ring (bicyclic) bond motifs is 1. The van der Waals surface area contributed by atoms with Gasteiger partial charge in [-0.25, -0.2) is 4.98 Å². The average Bonchev–Trinajstić information content (AvgIpc) is 2.87. The van der Waals surface area contributed by atoms with Crippen LogP contribution in [0.2, 0.25) is 0 Å². The lowest BCUT2D eigenvalue weighted by Gasteiger charge is -2.05. The summed E-state index contributed by atoms with van der Waals surface area (Å²) < 4.78 is 0.943. The van der Waals surface area contributed by atoms with Crippen molar-refractivity contribution in [3.8, 4) is 17.3 Å². The summed E-state index contributed by atoms with van der Waals surface area (Å²) in [5.74, 6) is 0. The minimum Gasteiger partial charge on any atom is -0.300 e. The van der Waals surface area contributed by atoms with Crippen molar-refractivity contribution in [3.05, 3.63) is 37.8 Å². The highest BCUT2D eigenvalue weighted by Crippen LogP contribution is 2.26. The summed E-state index contributed by atoms with van der Waals surface area (Å²) in [6, 6.07) is 7.48. The van der Waals surface area contributed by atoms with E-state index >= 15 is 0 Å². The van der Waals surface area contributed by atoms with Crippen LogP contribution in [0, 0.1) is 15.0 Å². The van der Waals surface area contributed by atoms with Gasteiger partial charge < -0.3 is 4.98 Å². The molecule has 3 rings (SSSR count). The van der Waals surface area contributed by atoms with Crippen LogP contribution in [-0.4, -0.2) is 26.4 Å². The molecule has 104 valence electrons. The van der Waals surface area contributed by atoms with Crippen LogP contribution in [0.15, 0.2) is 28.2 Å². The number of H-pyrrole nitrogens is 2. The Labute approximate surface area is 137 Å². The highest BCUT2D eigenvalue weighted by atomic mass is 127. The fraction of sp³-hybridized carbons (Fsp3) is 0.0769. The Morgan fingerprint density at radius 2 is 2.24 bits per heavy atom. The summed E-state index contributed by atoms with van der Waals surface area (Å²) in [5, 5.41) is 17.8. The molecule has 0 spiro atoms. The summed E-state index contributed by atoms with van der Waals surface area (Å²) >= 11 is 3.49. The number of nitrogens with one attached hydrogen (secondary N) is 2.